The van der Waals surface area contributed by atoms with E-state index in [4.69, 9.17) is 37.0 Å². The molecule has 0 saturated heterocycles. The van der Waals surface area contributed by atoms with Crippen LogP contribution in [0.2, 0.25) is 0 Å². The van der Waals surface area contributed by atoms with E-state index < -0.39 is 97.5 Å². The fourth-order valence-electron chi connectivity index (χ4n) is 14.0. The maximum Gasteiger partial charge on any atom is 0.472 e. The minimum Gasteiger partial charge on any atom is -0.462 e. The third-order valence-electron chi connectivity index (χ3n) is 21.8. The van der Waals surface area contributed by atoms with Gasteiger partial charge in [0.05, 0.1) is 26.4 Å². The van der Waals surface area contributed by atoms with Crippen LogP contribution >= 0.6 is 15.6 Å². The molecule has 0 spiro atoms. The van der Waals surface area contributed by atoms with E-state index in [0.717, 1.165) is 120 Å². The van der Waals surface area contributed by atoms with Crippen molar-refractivity contribution in [3.8, 4) is 0 Å². The Kier molecular flexibility index (Phi) is 77.2. The van der Waals surface area contributed by atoms with E-state index in [2.05, 4.69) is 55.4 Å². The van der Waals surface area contributed by atoms with Crippen LogP contribution in [-0.4, -0.2) is 96.7 Å². The molecule has 3 N–H and O–H groups in total. The lowest BCUT2D eigenvalue weighted by atomic mass is 9.99. The Labute approximate surface area is 670 Å². The van der Waals surface area contributed by atoms with Crippen molar-refractivity contribution >= 4 is 39.5 Å². The van der Waals surface area contributed by atoms with Gasteiger partial charge in [-0.25, -0.2) is 9.13 Å². The summed E-state index contributed by atoms with van der Waals surface area (Å²) >= 11 is 0. The van der Waals surface area contributed by atoms with Crippen LogP contribution in [0.3, 0.4) is 0 Å². The lowest BCUT2D eigenvalue weighted by Gasteiger charge is -2.21. The second-order valence-electron chi connectivity index (χ2n) is 33.8. The number of hydrogen-bond acceptors (Lipinski definition) is 15. The smallest absolute Gasteiger partial charge is 0.462 e. The number of phosphoric ester groups is 2. The third kappa shape index (κ3) is 81.0. The molecule has 0 aromatic rings. The van der Waals surface area contributed by atoms with Crippen LogP contribution in [0.5, 0.6) is 0 Å². The van der Waals surface area contributed by atoms with Crippen LogP contribution < -0.4 is 0 Å². The molecule has 0 bridgehead atoms. The third-order valence-corrected chi connectivity index (χ3v) is 23.7. The molecule has 0 aliphatic carbocycles. The van der Waals surface area contributed by atoms with Gasteiger partial charge in [-0.3, -0.25) is 37.3 Å². The molecular formula is C90H176O17P2. The maximum absolute atomic E-state index is 13.2. The summed E-state index contributed by atoms with van der Waals surface area (Å²) in [5, 5.41) is 10.7. The zero-order valence-electron chi connectivity index (χ0n) is 72.2. The second kappa shape index (κ2) is 78.6. The summed E-state index contributed by atoms with van der Waals surface area (Å²) in [5.41, 5.74) is 0. The Balaban J connectivity index is 5.19. The van der Waals surface area contributed by atoms with Gasteiger partial charge in [-0.05, 0) is 49.4 Å². The highest BCUT2D eigenvalue weighted by molar-refractivity contribution is 7.47. The summed E-state index contributed by atoms with van der Waals surface area (Å²) in [6, 6.07) is 0. The van der Waals surface area contributed by atoms with Crippen LogP contribution in [0.1, 0.15) is 473 Å². The molecule has 0 saturated carbocycles. The molecule has 7 atom stereocenters. The van der Waals surface area contributed by atoms with Gasteiger partial charge in [0, 0.05) is 25.7 Å². The van der Waals surface area contributed by atoms with E-state index in [9.17, 15) is 43.2 Å². The monoisotopic (exact) mass is 1590 g/mol. The van der Waals surface area contributed by atoms with E-state index in [1.807, 2.05) is 0 Å². The molecule has 0 heterocycles. The number of unbranched alkanes of at least 4 members (excludes halogenated alkanes) is 51. The lowest BCUT2D eigenvalue weighted by molar-refractivity contribution is -0.161. The van der Waals surface area contributed by atoms with E-state index in [1.54, 1.807) is 0 Å². The molecule has 0 rings (SSSR count). The zero-order chi connectivity index (χ0) is 80.2. The number of ether oxygens (including phenoxy) is 4. The molecule has 109 heavy (non-hydrogen) atoms. The molecule has 17 nitrogen and oxygen atoms in total. The van der Waals surface area contributed by atoms with Crippen LogP contribution in [0.15, 0.2) is 0 Å². The average Bonchev–Trinajstić information content (AvgIpc) is 0.899. The average molecular weight is 1590 g/mol. The number of hydrogen-bond donors (Lipinski definition) is 3. The van der Waals surface area contributed by atoms with Crippen molar-refractivity contribution in [2.75, 3.05) is 39.6 Å². The first-order chi connectivity index (χ1) is 52.7. The van der Waals surface area contributed by atoms with Gasteiger partial charge in [-0.15, -0.1) is 0 Å². The van der Waals surface area contributed by atoms with Crippen molar-refractivity contribution in [2.24, 2.45) is 23.7 Å². The van der Waals surface area contributed by atoms with Crippen LogP contribution in [-0.2, 0) is 65.4 Å². The number of aliphatic hydroxyl groups excluding tert-OH is 1. The molecule has 0 radical (unpaired) electrons. The van der Waals surface area contributed by atoms with Crippen molar-refractivity contribution in [3.05, 3.63) is 0 Å². The molecular weight excluding hydrogens is 1410 g/mol. The van der Waals surface area contributed by atoms with Gasteiger partial charge in [0.25, 0.3) is 0 Å². The number of carbonyl (C=O) groups excluding carboxylic acids is 4. The molecule has 0 aromatic heterocycles. The Hall–Kier alpha value is -1.94. The Bertz CT molecular complexity index is 2110. The summed E-state index contributed by atoms with van der Waals surface area (Å²) in [6.07, 6.45) is 69.5. The Morgan fingerprint density at radius 1 is 0.257 bits per heavy atom. The van der Waals surface area contributed by atoms with E-state index in [-0.39, 0.29) is 25.7 Å². The first-order valence-electron chi connectivity index (χ1n) is 46.3. The normalized spacial score (nSPS) is 14.4. The number of phosphoric acid groups is 2. The molecule has 648 valence electrons. The molecule has 0 aliphatic heterocycles. The quantitative estimate of drug-likeness (QED) is 0.0222. The standard InChI is InChI=1S/C90H176O17P2/c1-9-82(7)68-60-52-44-38-32-26-20-16-12-14-18-22-28-34-40-46-56-64-72-90(95)107-86(77-101-88(93)71-63-55-49-48-53-61-69-83(8)10-2)79-105-109(98,99)103-75-84(91)74-102-108(96,97)104-78-85(106-89(94)73-65-57-47-41-35-29-23-25-31-37-43-51-59-67-81(5)6)76-100-87(92)70-62-54-45-39-33-27-21-17-13-11-15-19-24-30-36-42-50-58-66-80(3)4/h80-86,91H,9-79H2,1-8H3,(H,96,97)(H,98,99)/t82?,83?,84-,85-,86-/m1/s1. The predicted octanol–water partition coefficient (Wildman–Crippen LogP) is 27.5. The van der Waals surface area contributed by atoms with Crippen molar-refractivity contribution in [1.29, 1.82) is 0 Å². The topological polar surface area (TPSA) is 237 Å². The summed E-state index contributed by atoms with van der Waals surface area (Å²) in [6.45, 7) is 14.4. The van der Waals surface area contributed by atoms with Gasteiger partial charge >= 0.3 is 39.5 Å². The fourth-order valence-corrected chi connectivity index (χ4v) is 15.5. The van der Waals surface area contributed by atoms with Crippen molar-refractivity contribution in [2.45, 2.75) is 491 Å². The summed E-state index contributed by atoms with van der Waals surface area (Å²) < 4.78 is 69.0. The SMILES string of the molecule is CCC(C)CCCCCCCCCCCCCCCCCCCCC(=O)O[C@H](COC(=O)CCCCCCCCC(C)CC)COP(=O)(O)OC[C@H](O)COP(=O)(O)OC[C@@H](COC(=O)CCCCCCCCCCCCCCCCCCCCC(C)C)OC(=O)CCCCCCCCCCCCCCCC(C)C. The lowest BCUT2D eigenvalue weighted by Crippen LogP contribution is -2.30. The van der Waals surface area contributed by atoms with Crippen molar-refractivity contribution in [1.82, 2.24) is 0 Å². The van der Waals surface area contributed by atoms with Gasteiger partial charge in [-0.1, -0.05) is 421 Å². The van der Waals surface area contributed by atoms with Crippen LogP contribution in [0.25, 0.3) is 0 Å². The second-order valence-corrected chi connectivity index (χ2v) is 36.7. The largest absolute Gasteiger partial charge is 0.472 e. The highest BCUT2D eigenvalue weighted by atomic mass is 31.2. The highest BCUT2D eigenvalue weighted by Gasteiger charge is 2.31. The summed E-state index contributed by atoms with van der Waals surface area (Å²) in [5.74, 6) is 1.11. The Morgan fingerprint density at radius 3 is 0.651 bits per heavy atom. The number of esters is 4. The zero-order valence-corrected chi connectivity index (χ0v) is 74.0. The van der Waals surface area contributed by atoms with Crippen molar-refractivity contribution in [3.63, 3.8) is 0 Å². The van der Waals surface area contributed by atoms with Gasteiger partial charge in [0.2, 0.25) is 0 Å². The van der Waals surface area contributed by atoms with E-state index in [1.165, 1.54) is 270 Å². The van der Waals surface area contributed by atoms with E-state index in [0.29, 0.717) is 25.7 Å². The van der Waals surface area contributed by atoms with Crippen LogP contribution in [0, 0.1) is 23.7 Å². The van der Waals surface area contributed by atoms with Gasteiger partial charge in [0.1, 0.15) is 19.3 Å². The van der Waals surface area contributed by atoms with Crippen molar-refractivity contribution < 1.29 is 80.2 Å². The van der Waals surface area contributed by atoms with E-state index >= 15 is 0 Å². The first kappa shape index (κ1) is 107. The molecule has 0 aliphatic rings. The Morgan fingerprint density at radius 2 is 0.440 bits per heavy atom. The minimum absolute atomic E-state index is 0.107. The molecule has 0 aromatic carbocycles. The molecule has 19 heteroatoms. The fraction of sp³-hybridized carbons (Fsp3) is 0.956. The summed E-state index contributed by atoms with van der Waals surface area (Å²) in [4.78, 5) is 73.3. The highest BCUT2D eigenvalue weighted by Crippen LogP contribution is 2.45. The number of carbonyl (C=O) groups is 4. The maximum atomic E-state index is 13.2. The molecule has 4 unspecified atom stereocenters. The summed E-state index contributed by atoms with van der Waals surface area (Å²) in [7, 11) is -9.93. The number of rotatable bonds is 87. The molecule has 0 fully saturated rings. The van der Waals surface area contributed by atoms with Gasteiger partial charge in [0.15, 0.2) is 12.2 Å². The first-order valence-corrected chi connectivity index (χ1v) is 49.3. The number of aliphatic hydroxyl groups is 1. The molecule has 0 amide bonds. The van der Waals surface area contributed by atoms with Gasteiger partial charge < -0.3 is 33.8 Å². The minimum atomic E-state index is -4.97. The van der Waals surface area contributed by atoms with Crippen LogP contribution in [0.4, 0.5) is 0 Å². The predicted molar refractivity (Wildman–Crippen MR) is 451 cm³/mol. The van der Waals surface area contributed by atoms with Gasteiger partial charge in [-0.2, -0.15) is 0 Å².